The number of morpholine rings is 1. The van der Waals surface area contributed by atoms with Gasteiger partial charge in [-0.1, -0.05) is 0 Å². The zero-order valence-electron chi connectivity index (χ0n) is 14.5. The van der Waals surface area contributed by atoms with Gasteiger partial charge in [-0.15, -0.1) is 11.3 Å². The third-order valence-electron chi connectivity index (χ3n) is 4.49. The molecule has 1 fully saturated rings. The molecule has 134 valence electrons. The summed E-state index contributed by atoms with van der Waals surface area (Å²) < 4.78 is 5.46. The van der Waals surface area contributed by atoms with E-state index in [4.69, 9.17) is 4.74 Å². The maximum Gasteiger partial charge on any atom is 0.220 e. The third-order valence-corrected chi connectivity index (χ3v) is 5.49. The summed E-state index contributed by atoms with van der Waals surface area (Å²) in [6.45, 7) is 5.82. The predicted octanol–water partition coefficient (Wildman–Crippen LogP) is 1.97. The molecular weight excluding hydrogens is 336 g/mol. The zero-order valence-corrected chi connectivity index (χ0v) is 15.3. The summed E-state index contributed by atoms with van der Waals surface area (Å²) in [6, 6.07) is 4.20. The number of hydrogen-bond acceptors (Lipinski definition) is 6. The molecule has 25 heavy (non-hydrogen) atoms. The molecule has 6 nitrogen and oxygen atoms in total. The number of rotatable bonds is 7. The molecule has 0 aliphatic carbocycles. The van der Waals surface area contributed by atoms with Crippen molar-refractivity contribution in [3.05, 3.63) is 46.2 Å². The van der Waals surface area contributed by atoms with Crippen molar-refractivity contribution in [2.75, 3.05) is 32.8 Å². The van der Waals surface area contributed by atoms with E-state index in [0.29, 0.717) is 13.0 Å². The number of aromatic nitrogens is 2. The van der Waals surface area contributed by atoms with Gasteiger partial charge in [0, 0.05) is 43.3 Å². The summed E-state index contributed by atoms with van der Waals surface area (Å²) in [4.78, 5) is 24.2. The fourth-order valence-electron chi connectivity index (χ4n) is 3.02. The Morgan fingerprint density at radius 1 is 1.36 bits per heavy atom. The van der Waals surface area contributed by atoms with Crippen LogP contribution in [0.1, 0.15) is 28.6 Å². The van der Waals surface area contributed by atoms with Crippen LogP contribution in [0.5, 0.6) is 0 Å². The van der Waals surface area contributed by atoms with E-state index >= 15 is 0 Å². The Labute approximate surface area is 152 Å². The lowest BCUT2D eigenvalue weighted by Gasteiger charge is -2.34. The Balaban J connectivity index is 1.56. The van der Waals surface area contributed by atoms with E-state index in [2.05, 4.69) is 20.2 Å². The minimum atomic E-state index is 0.0834. The van der Waals surface area contributed by atoms with Gasteiger partial charge in [-0.25, -0.2) is 4.98 Å². The molecule has 0 unspecified atom stereocenters. The van der Waals surface area contributed by atoms with Gasteiger partial charge in [-0.2, -0.15) is 0 Å². The summed E-state index contributed by atoms with van der Waals surface area (Å²) in [7, 11) is 0. The van der Waals surface area contributed by atoms with E-state index < -0.39 is 0 Å². The van der Waals surface area contributed by atoms with Crippen molar-refractivity contribution in [2.24, 2.45) is 0 Å². The Hall–Kier alpha value is -1.83. The molecule has 0 radical (unpaired) electrons. The number of thiazole rings is 1. The molecule has 0 bridgehead atoms. The number of amides is 1. The highest BCUT2D eigenvalue weighted by Gasteiger charge is 2.23. The average molecular weight is 360 g/mol. The molecule has 2 aromatic rings. The lowest BCUT2D eigenvalue weighted by atomic mass is 10.1. The van der Waals surface area contributed by atoms with E-state index in [0.717, 1.165) is 38.4 Å². The Morgan fingerprint density at radius 2 is 2.12 bits per heavy atom. The van der Waals surface area contributed by atoms with E-state index in [1.165, 1.54) is 10.4 Å². The molecule has 1 aliphatic rings. The fourth-order valence-corrected chi connectivity index (χ4v) is 3.81. The van der Waals surface area contributed by atoms with Crippen LogP contribution in [0.2, 0.25) is 0 Å². The topological polar surface area (TPSA) is 67.4 Å². The molecule has 1 N–H and O–H groups in total. The maximum absolute atomic E-state index is 12.3. The van der Waals surface area contributed by atoms with Crippen molar-refractivity contribution in [1.82, 2.24) is 20.2 Å². The Morgan fingerprint density at radius 3 is 2.80 bits per heavy atom. The Bertz CT molecular complexity index is 671. The lowest BCUT2D eigenvalue weighted by molar-refractivity contribution is -0.121. The van der Waals surface area contributed by atoms with Crippen molar-refractivity contribution in [3.63, 3.8) is 0 Å². The van der Waals surface area contributed by atoms with Crippen molar-refractivity contribution in [2.45, 2.75) is 25.8 Å². The second kappa shape index (κ2) is 9.03. The SMILES string of the molecule is Cc1ncsc1CCC(=O)NC[C@@H](c1ccncc1)N1CCOCC1. The van der Waals surface area contributed by atoms with Crippen LogP contribution in [0.15, 0.2) is 30.0 Å². The van der Waals surface area contributed by atoms with Crippen LogP contribution >= 0.6 is 11.3 Å². The first-order valence-electron chi connectivity index (χ1n) is 8.61. The number of nitrogens with one attached hydrogen (secondary N) is 1. The normalized spacial score (nSPS) is 16.5. The van der Waals surface area contributed by atoms with Gasteiger partial charge in [0.1, 0.15) is 0 Å². The van der Waals surface area contributed by atoms with Crippen LogP contribution in [0.4, 0.5) is 0 Å². The minimum Gasteiger partial charge on any atom is -0.379 e. The highest BCUT2D eigenvalue weighted by molar-refractivity contribution is 7.09. The zero-order chi connectivity index (χ0) is 17.5. The number of carbonyl (C=O) groups is 1. The van der Waals surface area contributed by atoms with Gasteiger partial charge in [0.25, 0.3) is 0 Å². The first-order chi connectivity index (χ1) is 12.2. The number of hydrogen-bond donors (Lipinski definition) is 1. The van der Waals surface area contributed by atoms with Crippen LogP contribution in [0.25, 0.3) is 0 Å². The second-order valence-corrected chi connectivity index (χ2v) is 7.05. The number of carbonyl (C=O) groups excluding carboxylic acids is 1. The summed E-state index contributed by atoms with van der Waals surface area (Å²) in [5.74, 6) is 0.0834. The lowest BCUT2D eigenvalue weighted by Crippen LogP contribution is -2.43. The van der Waals surface area contributed by atoms with E-state index in [1.807, 2.05) is 24.6 Å². The molecule has 0 saturated carbocycles. The van der Waals surface area contributed by atoms with Gasteiger partial charge in [0.2, 0.25) is 5.91 Å². The van der Waals surface area contributed by atoms with Crippen molar-refractivity contribution in [1.29, 1.82) is 0 Å². The van der Waals surface area contributed by atoms with E-state index in [1.54, 1.807) is 23.7 Å². The van der Waals surface area contributed by atoms with Crippen LogP contribution in [-0.4, -0.2) is 53.6 Å². The van der Waals surface area contributed by atoms with Crippen molar-refractivity contribution in [3.8, 4) is 0 Å². The molecule has 3 heterocycles. The summed E-state index contributed by atoms with van der Waals surface area (Å²) in [6.07, 6.45) is 4.85. The van der Waals surface area contributed by atoms with Crippen LogP contribution in [-0.2, 0) is 16.0 Å². The first kappa shape index (κ1) is 18.0. The first-order valence-corrected chi connectivity index (χ1v) is 9.49. The summed E-state index contributed by atoms with van der Waals surface area (Å²) in [5.41, 5.74) is 4.04. The molecule has 0 aromatic carbocycles. The maximum atomic E-state index is 12.3. The molecule has 1 aliphatic heterocycles. The highest BCUT2D eigenvalue weighted by Crippen LogP contribution is 2.21. The van der Waals surface area contributed by atoms with Gasteiger partial charge < -0.3 is 10.1 Å². The highest BCUT2D eigenvalue weighted by atomic mass is 32.1. The molecular formula is C18H24N4O2S. The van der Waals surface area contributed by atoms with Crippen molar-refractivity contribution < 1.29 is 9.53 Å². The summed E-state index contributed by atoms with van der Waals surface area (Å²) >= 11 is 1.62. The monoisotopic (exact) mass is 360 g/mol. The van der Waals surface area contributed by atoms with Crippen LogP contribution in [0, 0.1) is 6.92 Å². The number of pyridine rings is 1. The molecule has 1 saturated heterocycles. The molecule has 0 spiro atoms. The van der Waals surface area contributed by atoms with E-state index in [-0.39, 0.29) is 11.9 Å². The molecule has 1 amide bonds. The molecule has 7 heteroatoms. The van der Waals surface area contributed by atoms with Crippen molar-refractivity contribution >= 4 is 17.2 Å². The largest absolute Gasteiger partial charge is 0.379 e. The molecule has 1 atom stereocenters. The third kappa shape index (κ3) is 5.07. The van der Waals surface area contributed by atoms with Crippen LogP contribution in [0.3, 0.4) is 0 Å². The average Bonchev–Trinajstić information content (AvgIpc) is 3.07. The van der Waals surface area contributed by atoms with Gasteiger partial charge in [0.05, 0.1) is 30.5 Å². The van der Waals surface area contributed by atoms with Gasteiger partial charge in [-0.3, -0.25) is 14.7 Å². The molecule has 3 rings (SSSR count). The standard InChI is InChI=1S/C18H24N4O2S/c1-14-17(25-13-21-14)2-3-18(23)20-12-16(15-4-6-19-7-5-15)22-8-10-24-11-9-22/h4-7,13,16H,2-3,8-12H2,1H3,(H,20,23)/t16-/m0/s1. The number of ether oxygens (including phenoxy) is 1. The number of nitrogens with zero attached hydrogens (tertiary/aromatic N) is 3. The summed E-state index contributed by atoms with van der Waals surface area (Å²) in [5, 5.41) is 3.10. The number of aryl methyl sites for hydroxylation is 2. The molecule has 2 aromatic heterocycles. The second-order valence-electron chi connectivity index (χ2n) is 6.11. The van der Waals surface area contributed by atoms with Gasteiger partial charge in [0.15, 0.2) is 0 Å². The predicted molar refractivity (Wildman–Crippen MR) is 97.6 cm³/mol. The Kier molecular flexibility index (Phi) is 6.49. The minimum absolute atomic E-state index is 0.0834. The van der Waals surface area contributed by atoms with Gasteiger partial charge in [-0.05, 0) is 31.0 Å². The van der Waals surface area contributed by atoms with Crippen LogP contribution < -0.4 is 5.32 Å². The van der Waals surface area contributed by atoms with E-state index in [9.17, 15) is 4.79 Å². The van der Waals surface area contributed by atoms with Gasteiger partial charge >= 0.3 is 0 Å². The fraction of sp³-hybridized carbons (Fsp3) is 0.500. The smallest absolute Gasteiger partial charge is 0.220 e. The quantitative estimate of drug-likeness (QED) is 0.818.